The van der Waals surface area contributed by atoms with Crippen LogP contribution < -0.4 is 20.1 Å². The number of pyridine rings is 1. The van der Waals surface area contributed by atoms with E-state index in [0.29, 0.717) is 23.4 Å². The Hall–Kier alpha value is -1.68. The first-order valence-corrected chi connectivity index (χ1v) is 10.7. The maximum Gasteiger partial charge on any atom is 0.219 e. The number of ether oxygens (including phenoxy) is 2. The van der Waals surface area contributed by atoms with Crippen LogP contribution in [0, 0.1) is 0 Å². The smallest absolute Gasteiger partial charge is 0.219 e. The third-order valence-electron chi connectivity index (χ3n) is 4.35. The average Bonchev–Trinajstić information content (AvgIpc) is 3.25. The second-order valence-corrected chi connectivity index (χ2v) is 7.91. The molecule has 1 aliphatic heterocycles. The first-order valence-electron chi connectivity index (χ1n) is 9.67. The molecule has 0 bridgehead atoms. The van der Waals surface area contributed by atoms with E-state index >= 15 is 0 Å². The van der Waals surface area contributed by atoms with Gasteiger partial charge in [-0.15, -0.1) is 24.0 Å². The fourth-order valence-electron chi connectivity index (χ4n) is 2.88. The second-order valence-electron chi connectivity index (χ2n) is 6.50. The van der Waals surface area contributed by atoms with E-state index in [9.17, 15) is 0 Å². The molecule has 0 spiro atoms. The number of aliphatic imine (C=N–C) groups is 1. The number of nitrogens with zero attached hydrogens (tertiary/aromatic N) is 2. The molecular formula is C21H29IN4O2S. The molecule has 0 saturated carbocycles. The Morgan fingerprint density at radius 1 is 1.24 bits per heavy atom. The summed E-state index contributed by atoms with van der Waals surface area (Å²) >= 11 is 2.04. The Balaban J connectivity index is 0.00000300. The summed E-state index contributed by atoms with van der Waals surface area (Å²) in [5.41, 5.74) is 1.03. The quantitative estimate of drug-likeness (QED) is 0.300. The number of hydrogen-bond acceptors (Lipinski definition) is 5. The first-order chi connectivity index (χ1) is 13.8. The molecule has 2 N–H and O–H groups in total. The van der Waals surface area contributed by atoms with Crippen molar-refractivity contribution in [2.45, 2.75) is 31.6 Å². The molecule has 29 heavy (non-hydrogen) atoms. The third-order valence-corrected chi connectivity index (χ3v) is 5.74. The topological polar surface area (TPSA) is 67.8 Å². The molecule has 3 rings (SSSR count). The zero-order valence-corrected chi connectivity index (χ0v) is 20.0. The van der Waals surface area contributed by atoms with Gasteiger partial charge in [-0.2, -0.15) is 11.8 Å². The van der Waals surface area contributed by atoms with Crippen molar-refractivity contribution in [3.63, 3.8) is 0 Å². The Kier molecular flexibility index (Phi) is 10.4. The number of thioether (sulfide) groups is 1. The molecule has 0 aliphatic carbocycles. The highest BCUT2D eigenvalue weighted by Gasteiger charge is 2.15. The van der Waals surface area contributed by atoms with Crippen molar-refractivity contribution < 1.29 is 9.47 Å². The lowest BCUT2D eigenvalue weighted by Crippen LogP contribution is -2.40. The summed E-state index contributed by atoms with van der Waals surface area (Å²) in [5, 5.41) is 7.45. The fraction of sp³-hybridized carbons (Fsp3) is 0.429. The Morgan fingerprint density at radius 3 is 2.79 bits per heavy atom. The van der Waals surface area contributed by atoms with Crippen molar-refractivity contribution in [2.24, 2.45) is 4.99 Å². The standard InChI is InChI=1S/C21H28N4O2S.HI/c1-3-22-21(25-15-19-8-5-11-28-19)24-14-16-9-10-20(23-13-16)27-18-7-4-6-17(12-18)26-2;/h4,6-7,9-10,12-13,19H,3,5,8,11,14-15H2,1-2H3,(H2,22,24,25);1H. The highest BCUT2D eigenvalue weighted by molar-refractivity contribution is 14.0. The Labute approximate surface area is 194 Å². The summed E-state index contributed by atoms with van der Waals surface area (Å²) in [5.74, 6) is 4.12. The van der Waals surface area contributed by atoms with E-state index < -0.39 is 0 Å². The molecule has 1 saturated heterocycles. The van der Waals surface area contributed by atoms with Gasteiger partial charge in [0.1, 0.15) is 11.5 Å². The summed E-state index contributed by atoms with van der Waals surface area (Å²) in [6.45, 7) is 4.45. The highest BCUT2D eigenvalue weighted by Crippen LogP contribution is 2.25. The van der Waals surface area contributed by atoms with Gasteiger partial charge in [-0.05, 0) is 43.2 Å². The Bertz CT molecular complexity index is 768. The number of aromatic nitrogens is 1. The highest BCUT2D eigenvalue weighted by atomic mass is 127. The van der Waals surface area contributed by atoms with Crippen LogP contribution in [0.25, 0.3) is 0 Å². The summed E-state index contributed by atoms with van der Waals surface area (Å²) < 4.78 is 11.0. The number of nitrogens with one attached hydrogen (secondary N) is 2. The molecule has 158 valence electrons. The van der Waals surface area contributed by atoms with Gasteiger partial charge in [-0.3, -0.25) is 0 Å². The van der Waals surface area contributed by atoms with Crippen LogP contribution in [0.1, 0.15) is 25.3 Å². The Morgan fingerprint density at radius 2 is 2.10 bits per heavy atom. The number of methoxy groups -OCH3 is 1. The molecule has 1 aromatic heterocycles. The maximum atomic E-state index is 5.78. The molecule has 1 aliphatic rings. The van der Waals surface area contributed by atoms with E-state index in [4.69, 9.17) is 9.47 Å². The molecule has 1 atom stereocenters. The summed E-state index contributed by atoms with van der Waals surface area (Å²) in [4.78, 5) is 9.05. The molecule has 2 heterocycles. The van der Waals surface area contributed by atoms with Crippen molar-refractivity contribution in [3.8, 4) is 17.4 Å². The van der Waals surface area contributed by atoms with Crippen LogP contribution in [0.3, 0.4) is 0 Å². The van der Waals surface area contributed by atoms with Crippen molar-refractivity contribution in [1.82, 2.24) is 15.6 Å². The predicted molar refractivity (Wildman–Crippen MR) is 131 cm³/mol. The van der Waals surface area contributed by atoms with Gasteiger partial charge in [0, 0.05) is 36.7 Å². The lowest BCUT2D eigenvalue weighted by molar-refractivity contribution is 0.407. The molecule has 0 radical (unpaired) electrons. The normalized spacial score (nSPS) is 16.1. The van der Waals surface area contributed by atoms with Crippen molar-refractivity contribution in [2.75, 3.05) is 26.0 Å². The van der Waals surface area contributed by atoms with Crippen molar-refractivity contribution in [3.05, 3.63) is 48.2 Å². The fourth-order valence-corrected chi connectivity index (χ4v) is 4.08. The summed E-state index contributed by atoms with van der Waals surface area (Å²) in [6, 6.07) is 11.3. The van der Waals surface area contributed by atoms with Gasteiger partial charge in [0.15, 0.2) is 5.96 Å². The molecule has 8 heteroatoms. The maximum absolute atomic E-state index is 5.78. The van der Waals surface area contributed by atoms with Crippen molar-refractivity contribution >= 4 is 41.7 Å². The average molecular weight is 528 g/mol. The van der Waals surface area contributed by atoms with Crippen LogP contribution in [0.15, 0.2) is 47.6 Å². The van der Waals surface area contributed by atoms with E-state index in [1.54, 1.807) is 13.3 Å². The molecule has 6 nitrogen and oxygen atoms in total. The molecule has 0 amide bonds. The molecule has 1 unspecified atom stereocenters. The van der Waals surface area contributed by atoms with E-state index in [-0.39, 0.29) is 24.0 Å². The van der Waals surface area contributed by atoms with Crippen LogP contribution >= 0.6 is 35.7 Å². The minimum atomic E-state index is 0. The monoisotopic (exact) mass is 528 g/mol. The lowest BCUT2D eigenvalue weighted by Gasteiger charge is -2.14. The molecule has 2 aromatic rings. The van der Waals surface area contributed by atoms with Gasteiger partial charge in [-0.1, -0.05) is 12.1 Å². The lowest BCUT2D eigenvalue weighted by atomic mass is 10.2. The second kappa shape index (κ2) is 12.8. The molecular weight excluding hydrogens is 499 g/mol. The van der Waals surface area contributed by atoms with Gasteiger partial charge in [0.05, 0.1) is 13.7 Å². The largest absolute Gasteiger partial charge is 0.497 e. The predicted octanol–water partition coefficient (Wildman–Crippen LogP) is 4.45. The van der Waals surface area contributed by atoms with E-state index in [1.807, 2.05) is 48.2 Å². The van der Waals surface area contributed by atoms with Crippen LogP contribution in [0.5, 0.6) is 17.4 Å². The van der Waals surface area contributed by atoms with Crippen LogP contribution in [0.4, 0.5) is 0 Å². The first kappa shape index (κ1) is 23.6. The van der Waals surface area contributed by atoms with E-state index in [2.05, 4.69) is 27.5 Å². The van der Waals surface area contributed by atoms with E-state index in [0.717, 1.165) is 30.4 Å². The molecule has 1 fully saturated rings. The van der Waals surface area contributed by atoms with Crippen LogP contribution in [-0.2, 0) is 6.54 Å². The molecule has 1 aromatic carbocycles. The third kappa shape index (κ3) is 7.93. The van der Waals surface area contributed by atoms with Crippen LogP contribution in [-0.4, -0.2) is 42.1 Å². The zero-order chi connectivity index (χ0) is 19.6. The van der Waals surface area contributed by atoms with E-state index in [1.165, 1.54) is 18.6 Å². The minimum Gasteiger partial charge on any atom is -0.497 e. The van der Waals surface area contributed by atoms with Gasteiger partial charge in [0.25, 0.3) is 0 Å². The number of guanidine groups is 1. The van der Waals surface area contributed by atoms with Gasteiger partial charge in [0.2, 0.25) is 5.88 Å². The summed E-state index contributed by atoms with van der Waals surface area (Å²) in [6.07, 6.45) is 4.41. The number of benzene rings is 1. The van der Waals surface area contributed by atoms with Gasteiger partial charge < -0.3 is 20.1 Å². The number of rotatable bonds is 8. The summed E-state index contributed by atoms with van der Waals surface area (Å²) in [7, 11) is 1.63. The van der Waals surface area contributed by atoms with Gasteiger partial charge in [-0.25, -0.2) is 9.98 Å². The van der Waals surface area contributed by atoms with Crippen LogP contribution in [0.2, 0.25) is 0 Å². The van der Waals surface area contributed by atoms with Crippen molar-refractivity contribution in [1.29, 1.82) is 0 Å². The SMILES string of the molecule is CCNC(=NCc1ccc(Oc2cccc(OC)c2)nc1)NCC1CCCS1.I. The number of hydrogen-bond donors (Lipinski definition) is 2. The van der Waals surface area contributed by atoms with Gasteiger partial charge >= 0.3 is 0 Å². The minimum absolute atomic E-state index is 0. The zero-order valence-electron chi connectivity index (χ0n) is 16.9. The number of halogens is 1.